The average molecular weight is 271 g/mol. The third-order valence-corrected chi connectivity index (χ3v) is 2.91. The van der Waals surface area contributed by atoms with Crippen molar-refractivity contribution in [2.45, 2.75) is 40.2 Å². The van der Waals surface area contributed by atoms with Crippen LogP contribution in [0.5, 0.6) is 0 Å². The van der Waals surface area contributed by atoms with E-state index in [9.17, 15) is 0 Å². The van der Waals surface area contributed by atoms with E-state index in [1.165, 1.54) is 11.1 Å². The summed E-state index contributed by atoms with van der Waals surface area (Å²) in [7, 11) is 0. The predicted octanol–water partition coefficient (Wildman–Crippen LogP) is 3.44. The van der Waals surface area contributed by atoms with Crippen molar-refractivity contribution in [2.24, 2.45) is 0 Å². The highest BCUT2D eigenvalue weighted by Gasteiger charge is 2.12. The molecule has 5 heteroatoms. The molecule has 2 N–H and O–H groups in total. The quantitative estimate of drug-likeness (QED) is 0.895. The summed E-state index contributed by atoms with van der Waals surface area (Å²) < 4.78 is 0. The van der Waals surface area contributed by atoms with Gasteiger partial charge in [0.15, 0.2) is 5.82 Å². The number of nitrogens with zero attached hydrogens (tertiary/aromatic N) is 3. The highest BCUT2D eigenvalue weighted by molar-refractivity contribution is 5.61. The molecular formula is C15H21N5. The van der Waals surface area contributed by atoms with Crippen LogP contribution in [-0.2, 0) is 0 Å². The van der Waals surface area contributed by atoms with Gasteiger partial charge in [-0.2, -0.15) is 10.1 Å². The fourth-order valence-electron chi connectivity index (χ4n) is 1.78. The molecule has 0 aliphatic carbocycles. The number of rotatable bonds is 3. The summed E-state index contributed by atoms with van der Waals surface area (Å²) >= 11 is 0. The number of hydrogen-bond acceptors (Lipinski definition) is 5. The fraction of sp³-hybridized carbons (Fsp3) is 0.400. The Balaban J connectivity index is 2.22. The molecule has 0 atom stereocenters. The second-order valence-corrected chi connectivity index (χ2v) is 5.91. The Bertz CT molecular complexity index is 601. The standard InChI is InChI=1S/C15H21N5/c1-10-7-6-8-12(11(10)2)17-13-9-16-20-14(18-13)19-15(3,4)5/h6-9H,1-5H3,(H2,17,18,19,20). The van der Waals surface area contributed by atoms with Gasteiger partial charge in [0.1, 0.15) is 0 Å². The first-order valence-corrected chi connectivity index (χ1v) is 6.66. The van der Waals surface area contributed by atoms with Gasteiger partial charge in [-0.05, 0) is 51.8 Å². The van der Waals surface area contributed by atoms with Crippen molar-refractivity contribution in [2.75, 3.05) is 10.6 Å². The van der Waals surface area contributed by atoms with Crippen molar-refractivity contribution in [3.63, 3.8) is 0 Å². The van der Waals surface area contributed by atoms with Crippen LogP contribution in [0.3, 0.4) is 0 Å². The van der Waals surface area contributed by atoms with E-state index in [4.69, 9.17) is 0 Å². The molecule has 0 unspecified atom stereocenters. The smallest absolute Gasteiger partial charge is 0.245 e. The zero-order chi connectivity index (χ0) is 14.8. The van der Waals surface area contributed by atoms with Crippen molar-refractivity contribution in [3.8, 4) is 0 Å². The Morgan fingerprint density at radius 2 is 1.85 bits per heavy atom. The normalized spacial score (nSPS) is 11.2. The molecule has 106 valence electrons. The predicted molar refractivity (Wildman–Crippen MR) is 82.4 cm³/mol. The van der Waals surface area contributed by atoms with E-state index in [-0.39, 0.29) is 5.54 Å². The van der Waals surface area contributed by atoms with Gasteiger partial charge in [-0.3, -0.25) is 0 Å². The molecule has 1 heterocycles. The van der Waals surface area contributed by atoms with Crippen LogP contribution in [0.15, 0.2) is 24.4 Å². The van der Waals surface area contributed by atoms with Crippen molar-refractivity contribution < 1.29 is 0 Å². The lowest BCUT2D eigenvalue weighted by Gasteiger charge is -2.20. The molecule has 1 aromatic heterocycles. The second-order valence-electron chi connectivity index (χ2n) is 5.91. The summed E-state index contributed by atoms with van der Waals surface area (Å²) in [5, 5.41) is 14.5. The van der Waals surface area contributed by atoms with Crippen molar-refractivity contribution in [1.82, 2.24) is 15.2 Å². The Hall–Kier alpha value is -2.17. The van der Waals surface area contributed by atoms with Gasteiger partial charge in [0.05, 0.1) is 6.20 Å². The zero-order valence-electron chi connectivity index (χ0n) is 12.7. The molecular weight excluding hydrogens is 250 g/mol. The van der Waals surface area contributed by atoms with E-state index in [1.807, 2.05) is 12.1 Å². The summed E-state index contributed by atoms with van der Waals surface area (Å²) in [5.74, 6) is 1.20. The van der Waals surface area contributed by atoms with Crippen molar-refractivity contribution >= 4 is 17.5 Å². The maximum absolute atomic E-state index is 4.43. The van der Waals surface area contributed by atoms with E-state index in [0.29, 0.717) is 11.8 Å². The van der Waals surface area contributed by atoms with Crippen LogP contribution in [0.25, 0.3) is 0 Å². The molecule has 0 spiro atoms. The van der Waals surface area contributed by atoms with Crippen LogP contribution in [0.1, 0.15) is 31.9 Å². The van der Waals surface area contributed by atoms with Crippen LogP contribution in [-0.4, -0.2) is 20.7 Å². The minimum absolute atomic E-state index is 0.0977. The lowest BCUT2D eigenvalue weighted by molar-refractivity contribution is 0.623. The molecule has 0 aliphatic heterocycles. The largest absolute Gasteiger partial charge is 0.348 e. The van der Waals surface area contributed by atoms with Gasteiger partial charge < -0.3 is 10.6 Å². The Kier molecular flexibility index (Phi) is 3.88. The fourth-order valence-corrected chi connectivity index (χ4v) is 1.78. The second kappa shape index (κ2) is 5.45. The third kappa shape index (κ3) is 3.66. The molecule has 0 fully saturated rings. The Labute approximate surface area is 119 Å². The minimum Gasteiger partial charge on any atom is -0.348 e. The molecule has 0 radical (unpaired) electrons. The molecule has 0 bridgehead atoms. The molecule has 1 aromatic carbocycles. The topological polar surface area (TPSA) is 62.7 Å². The summed E-state index contributed by atoms with van der Waals surface area (Å²) in [6, 6.07) is 6.14. The molecule has 0 saturated heterocycles. The van der Waals surface area contributed by atoms with E-state index >= 15 is 0 Å². The Morgan fingerprint density at radius 3 is 2.55 bits per heavy atom. The van der Waals surface area contributed by atoms with Gasteiger partial charge in [-0.25, -0.2) is 0 Å². The van der Waals surface area contributed by atoms with Crippen LogP contribution < -0.4 is 10.6 Å². The van der Waals surface area contributed by atoms with Crippen LogP contribution in [0.2, 0.25) is 0 Å². The first-order chi connectivity index (χ1) is 9.35. The number of hydrogen-bond donors (Lipinski definition) is 2. The molecule has 0 amide bonds. The van der Waals surface area contributed by atoms with E-state index in [0.717, 1.165) is 5.69 Å². The first kappa shape index (κ1) is 14.2. The summed E-state index contributed by atoms with van der Waals surface area (Å²) in [6.07, 6.45) is 1.62. The maximum atomic E-state index is 4.43. The minimum atomic E-state index is -0.0977. The molecule has 2 rings (SSSR count). The highest BCUT2D eigenvalue weighted by atomic mass is 15.3. The number of aryl methyl sites for hydroxylation is 1. The lowest BCUT2D eigenvalue weighted by atomic mass is 10.1. The van der Waals surface area contributed by atoms with Gasteiger partial charge in [0.25, 0.3) is 0 Å². The molecule has 0 saturated carbocycles. The molecule has 20 heavy (non-hydrogen) atoms. The molecule has 2 aromatic rings. The van der Waals surface area contributed by atoms with E-state index in [2.05, 4.69) is 66.5 Å². The third-order valence-electron chi connectivity index (χ3n) is 2.91. The van der Waals surface area contributed by atoms with Crippen LogP contribution >= 0.6 is 0 Å². The van der Waals surface area contributed by atoms with Crippen molar-refractivity contribution in [3.05, 3.63) is 35.5 Å². The van der Waals surface area contributed by atoms with Gasteiger partial charge in [0, 0.05) is 11.2 Å². The number of anilines is 3. The van der Waals surface area contributed by atoms with E-state index < -0.39 is 0 Å². The Morgan fingerprint density at radius 1 is 1.10 bits per heavy atom. The molecule has 0 aliphatic rings. The van der Waals surface area contributed by atoms with Gasteiger partial charge >= 0.3 is 0 Å². The first-order valence-electron chi connectivity index (χ1n) is 6.66. The van der Waals surface area contributed by atoms with Gasteiger partial charge in [-0.1, -0.05) is 12.1 Å². The van der Waals surface area contributed by atoms with E-state index in [1.54, 1.807) is 6.20 Å². The SMILES string of the molecule is Cc1cccc(Nc2cnnc(NC(C)(C)C)n2)c1C. The van der Waals surface area contributed by atoms with Crippen LogP contribution in [0.4, 0.5) is 17.5 Å². The zero-order valence-corrected chi connectivity index (χ0v) is 12.7. The van der Waals surface area contributed by atoms with Gasteiger partial charge in [-0.15, -0.1) is 5.10 Å². The summed E-state index contributed by atoms with van der Waals surface area (Å²) in [6.45, 7) is 10.3. The van der Waals surface area contributed by atoms with Crippen LogP contribution in [0, 0.1) is 13.8 Å². The lowest BCUT2D eigenvalue weighted by Crippen LogP contribution is -2.27. The number of aromatic nitrogens is 3. The summed E-state index contributed by atoms with van der Waals surface area (Å²) in [5.41, 5.74) is 3.38. The summed E-state index contributed by atoms with van der Waals surface area (Å²) in [4.78, 5) is 4.43. The van der Waals surface area contributed by atoms with Crippen molar-refractivity contribution in [1.29, 1.82) is 0 Å². The average Bonchev–Trinajstić information content (AvgIpc) is 2.33. The monoisotopic (exact) mass is 271 g/mol. The number of benzene rings is 1. The molecule has 5 nitrogen and oxygen atoms in total. The highest BCUT2D eigenvalue weighted by Crippen LogP contribution is 2.21. The van der Waals surface area contributed by atoms with Gasteiger partial charge in [0.2, 0.25) is 5.95 Å². The maximum Gasteiger partial charge on any atom is 0.245 e. The number of nitrogens with one attached hydrogen (secondary N) is 2.